The van der Waals surface area contributed by atoms with E-state index in [0.29, 0.717) is 21.4 Å². The first-order valence-corrected chi connectivity index (χ1v) is 7.39. The summed E-state index contributed by atoms with van der Waals surface area (Å²) in [5, 5.41) is 11.8. The maximum Gasteiger partial charge on any atom is 0.224 e. The van der Waals surface area contributed by atoms with Crippen molar-refractivity contribution < 1.29 is 4.79 Å². The first-order valence-electron chi connectivity index (χ1n) is 6.63. The van der Waals surface area contributed by atoms with Crippen molar-refractivity contribution in [3.05, 3.63) is 64.0 Å². The third-order valence-corrected chi connectivity index (χ3v) is 3.94. The molecule has 112 valence electrons. The predicted molar refractivity (Wildman–Crippen MR) is 85.0 cm³/mol. The Labute approximate surface area is 136 Å². The maximum absolute atomic E-state index is 12.1. The summed E-state index contributed by atoms with van der Waals surface area (Å²) < 4.78 is 1.82. The molecule has 0 radical (unpaired) electrons. The molecule has 0 aliphatic carbocycles. The van der Waals surface area contributed by atoms with Crippen LogP contribution >= 0.6 is 23.2 Å². The van der Waals surface area contributed by atoms with E-state index in [1.807, 2.05) is 28.8 Å². The summed E-state index contributed by atoms with van der Waals surface area (Å²) in [6.07, 6.45) is 1.97. The van der Waals surface area contributed by atoms with Crippen LogP contribution in [0, 0.1) is 0 Å². The minimum Gasteiger partial charge on any atom is -0.348 e. The second-order valence-corrected chi connectivity index (χ2v) is 5.51. The van der Waals surface area contributed by atoms with Gasteiger partial charge in [0, 0.05) is 16.2 Å². The van der Waals surface area contributed by atoms with Gasteiger partial charge in [0.2, 0.25) is 5.91 Å². The van der Waals surface area contributed by atoms with Crippen molar-refractivity contribution in [2.75, 3.05) is 0 Å². The fourth-order valence-electron chi connectivity index (χ4n) is 2.11. The van der Waals surface area contributed by atoms with E-state index in [-0.39, 0.29) is 18.9 Å². The number of nitrogens with one attached hydrogen (secondary N) is 1. The summed E-state index contributed by atoms with van der Waals surface area (Å²) in [5.41, 5.74) is 1.36. The second-order valence-electron chi connectivity index (χ2n) is 4.70. The van der Waals surface area contributed by atoms with E-state index in [9.17, 15) is 4.79 Å². The van der Waals surface area contributed by atoms with Gasteiger partial charge >= 0.3 is 0 Å². The molecule has 1 N–H and O–H groups in total. The molecular weight excluding hydrogens is 323 g/mol. The fraction of sp³-hybridized carbons (Fsp3) is 0.133. The molecule has 3 aromatic rings. The molecule has 0 saturated carbocycles. The largest absolute Gasteiger partial charge is 0.348 e. The predicted octanol–water partition coefficient (Wildman–Crippen LogP) is 2.90. The Bertz CT molecular complexity index is 811. The average molecular weight is 335 g/mol. The van der Waals surface area contributed by atoms with Crippen molar-refractivity contribution >= 4 is 34.8 Å². The molecule has 0 atom stereocenters. The lowest BCUT2D eigenvalue weighted by atomic mass is 10.1. The first kappa shape index (κ1) is 14.8. The van der Waals surface area contributed by atoms with Crippen LogP contribution in [0.2, 0.25) is 10.0 Å². The van der Waals surface area contributed by atoms with Crippen LogP contribution in [0.1, 0.15) is 11.4 Å². The zero-order valence-corrected chi connectivity index (χ0v) is 13.0. The zero-order valence-electron chi connectivity index (χ0n) is 11.5. The highest BCUT2D eigenvalue weighted by atomic mass is 35.5. The molecule has 0 fully saturated rings. The first-order chi connectivity index (χ1) is 10.6. The van der Waals surface area contributed by atoms with Gasteiger partial charge in [0.15, 0.2) is 11.5 Å². The molecule has 2 aromatic heterocycles. The van der Waals surface area contributed by atoms with Crippen LogP contribution < -0.4 is 5.32 Å². The molecule has 0 aliphatic rings. The quantitative estimate of drug-likeness (QED) is 0.798. The highest BCUT2D eigenvalue weighted by Crippen LogP contribution is 2.24. The molecule has 22 heavy (non-hydrogen) atoms. The van der Waals surface area contributed by atoms with Gasteiger partial charge in [0.1, 0.15) is 0 Å². The van der Waals surface area contributed by atoms with Crippen molar-refractivity contribution in [1.82, 2.24) is 19.9 Å². The van der Waals surface area contributed by atoms with Gasteiger partial charge in [-0.2, -0.15) is 0 Å². The molecule has 0 aliphatic heterocycles. The molecule has 0 spiro atoms. The molecule has 7 heteroatoms. The Morgan fingerprint density at radius 1 is 1.09 bits per heavy atom. The lowest BCUT2D eigenvalue weighted by molar-refractivity contribution is -0.120. The number of nitrogens with zero attached hydrogens (tertiary/aromatic N) is 3. The number of aromatic nitrogens is 3. The van der Waals surface area contributed by atoms with Crippen molar-refractivity contribution in [2.45, 2.75) is 13.0 Å². The number of carbonyl (C=O) groups is 1. The van der Waals surface area contributed by atoms with Gasteiger partial charge in [-0.1, -0.05) is 35.3 Å². The standard InChI is InChI=1S/C15H12Cl2N4O/c16-11-4-3-5-12(17)10(11)8-15(22)18-9-14-20-19-13-6-1-2-7-21(13)14/h1-7H,8-9H2,(H,18,22). The number of carbonyl (C=O) groups excluding carboxylic acids is 1. The summed E-state index contributed by atoms with van der Waals surface area (Å²) >= 11 is 12.1. The summed E-state index contributed by atoms with van der Waals surface area (Å²) in [6.45, 7) is 0.284. The number of rotatable bonds is 4. The van der Waals surface area contributed by atoms with Gasteiger partial charge < -0.3 is 5.32 Å². The lowest BCUT2D eigenvalue weighted by Crippen LogP contribution is -2.25. The van der Waals surface area contributed by atoms with E-state index in [0.717, 1.165) is 5.65 Å². The van der Waals surface area contributed by atoms with Gasteiger partial charge in [0.05, 0.1) is 13.0 Å². The van der Waals surface area contributed by atoms with Gasteiger partial charge in [-0.3, -0.25) is 9.20 Å². The maximum atomic E-state index is 12.1. The van der Waals surface area contributed by atoms with E-state index < -0.39 is 0 Å². The van der Waals surface area contributed by atoms with E-state index in [1.165, 1.54) is 0 Å². The van der Waals surface area contributed by atoms with Crippen LogP contribution in [-0.4, -0.2) is 20.5 Å². The van der Waals surface area contributed by atoms with E-state index in [4.69, 9.17) is 23.2 Å². The van der Waals surface area contributed by atoms with Crippen molar-refractivity contribution in [3.8, 4) is 0 Å². The second kappa shape index (κ2) is 6.34. The molecule has 3 rings (SSSR count). The number of fused-ring (bicyclic) bond motifs is 1. The van der Waals surface area contributed by atoms with Crippen molar-refractivity contribution in [1.29, 1.82) is 0 Å². The minimum atomic E-state index is -0.178. The number of benzene rings is 1. The van der Waals surface area contributed by atoms with Gasteiger partial charge in [-0.25, -0.2) is 0 Å². The van der Waals surface area contributed by atoms with Gasteiger partial charge in [-0.15, -0.1) is 10.2 Å². The van der Waals surface area contributed by atoms with Crippen molar-refractivity contribution in [3.63, 3.8) is 0 Å². The number of halogens is 2. The Balaban J connectivity index is 1.68. The van der Waals surface area contributed by atoms with Crippen LogP contribution in [0.5, 0.6) is 0 Å². The molecule has 0 saturated heterocycles. The Kier molecular flexibility index (Phi) is 4.27. The third kappa shape index (κ3) is 3.05. The van der Waals surface area contributed by atoms with Crippen LogP contribution in [-0.2, 0) is 17.8 Å². The summed E-state index contributed by atoms with van der Waals surface area (Å²) in [7, 11) is 0. The van der Waals surface area contributed by atoms with Crippen LogP contribution in [0.3, 0.4) is 0 Å². The highest BCUT2D eigenvalue weighted by Gasteiger charge is 2.12. The Morgan fingerprint density at radius 3 is 2.64 bits per heavy atom. The lowest BCUT2D eigenvalue weighted by Gasteiger charge is -2.07. The number of hydrogen-bond donors (Lipinski definition) is 1. The van der Waals surface area contributed by atoms with Crippen molar-refractivity contribution in [2.24, 2.45) is 0 Å². The number of pyridine rings is 1. The molecule has 2 heterocycles. The molecular formula is C15H12Cl2N4O. The average Bonchev–Trinajstić information content (AvgIpc) is 2.92. The van der Waals surface area contributed by atoms with Crippen LogP contribution in [0.25, 0.3) is 5.65 Å². The van der Waals surface area contributed by atoms with Gasteiger partial charge in [-0.05, 0) is 29.8 Å². The zero-order chi connectivity index (χ0) is 15.5. The van der Waals surface area contributed by atoms with E-state index in [2.05, 4.69) is 15.5 Å². The fourth-order valence-corrected chi connectivity index (χ4v) is 2.64. The monoisotopic (exact) mass is 334 g/mol. The Hall–Kier alpha value is -2.11. The van der Waals surface area contributed by atoms with Crippen LogP contribution in [0.15, 0.2) is 42.6 Å². The smallest absolute Gasteiger partial charge is 0.224 e. The number of amides is 1. The SMILES string of the molecule is O=C(Cc1c(Cl)cccc1Cl)NCc1nnc2ccccn12. The van der Waals surface area contributed by atoms with Crippen LogP contribution in [0.4, 0.5) is 0 Å². The summed E-state index contributed by atoms with van der Waals surface area (Å²) in [5.74, 6) is 0.483. The molecule has 0 unspecified atom stereocenters. The summed E-state index contributed by atoms with van der Waals surface area (Å²) in [6, 6.07) is 10.8. The number of hydrogen-bond acceptors (Lipinski definition) is 3. The molecule has 1 amide bonds. The van der Waals surface area contributed by atoms with E-state index >= 15 is 0 Å². The van der Waals surface area contributed by atoms with E-state index in [1.54, 1.807) is 18.2 Å². The highest BCUT2D eigenvalue weighted by molar-refractivity contribution is 6.36. The summed E-state index contributed by atoms with van der Waals surface area (Å²) in [4.78, 5) is 12.1. The molecule has 1 aromatic carbocycles. The Morgan fingerprint density at radius 2 is 1.86 bits per heavy atom. The van der Waals surface area contributed by atoms with Gasteiger partial charge in [0.25, 0.3) is 0 Å². The topological polar surface area (TPSA) is 59.3 Å². The normalized spacial score (nSPS) is 10.8. The minimum absolute atomic E-state index is 0.120. The molecule has 5 nitrogen and oxygen atoms in total. The molecule has 0 bridgehead atoms. The third-order valence-electron chi connectivity index (χ3n) is 3.23.